The summed E-state index contributed by atoms with van der Waals surface area (Å²) in [6.07, 6.45) is 9.13. The molecule has 4 rings (SSSR count). The first kappa shape index (κ1) is 14.0. The van der Waals surface area contributed by atoms with Gasteiger partial charge in [-0.05, 0) is 58.9 Å². The molecule has 1 aliphatic rings. The van der Waals surface area contributed by atoms with Crippen LogP contribution in [0, 0.1) is 6.92 Å². The molecule has 0 saturated carbocycles. The molecule has 23 heavy (non-hydrogen) atoms. The number of allylic oxidation sites excluding steroid dienone is 4. The molecule has 0 atom stereocenters. The molecule has 0 bridgehead atoms. The van der Waals surface area contributed by atoms with Gasteiger partial charge in [0.25, 0.3) is 0 Å². The van der Waals surface area contributed by atoms with Gasteiger partial charge in [0, 0.05) is 0 Å². The molecule has 0 fully saturated rings. The molecule has 0 unspecified atom stereocenters. The summed E-state index contributed by atoms with van der Waals surface area (Å²) in [5.74, 6) is 0. The van der Waals surface area contributed by atoms with Gasteiger partial charge in [0.15, 0.2) is 0 Å². The molecule has 0 radical (unpaired) electrons. The third-order valence-corrected chi connectivity index (χ3v) is 4.54. The summed E-state index contributed by atoms with van der Waals surface area (Å²) in [7, 11) is 0. The van der Waals surface area contributed by atoms with Crippen LogP contribution in [0.15, 0.2) is 78.9 Å². The van der Waals surface area contributed by atoms with E-state index >= 15 is 0 Å². The van der Waals surface area contributed by atoms with Gasteiger partial charge in [-0.3, -0.25) is 0 Å². The standard InChI is InChI=1S/C23H20/c1-17-7-8-23-16-22(14-13-21(23)15-17)20-11-9-19(10-12-20)18-5-3-2-4-6-18/h3,5-16H,2,4H2,1H3. The fourth-order valence-corrected chi connectivity index (χ4v) is 3.23. The zero-order valence-corrected chi connectivity index (χ0v) is 13.4. The third kappa shape index (κ3) is 2.85. The fourth-order valence-electron chi connectivity index (χ4n) is 3.23. The van der Waals surface area contributed by atoms with Gasteiger partial charge in [-0.15, -0.1) is 0 Å². The molecule has 0 heterocycles. The van der Waals surface area contributed by atoms with Crippen molar-refractivity contribution in [2.45, 2.75) is 19.8 Å². The summed E-state index contributed by atoms with van der Waals surface area (Å²) in [6, 6.07) is 22.3. The number of rotatable bonds is 2. The molecular formula is C23H20. The molecule has 0 spiro atoms. The van der Waals surface area contributed by atoms with Crippen LogP contribution < -0.4 is 0 Å². The van der Waals surface area contributed by atoms with E-state index in [1.54, 1.807) is 0 Å². The fraction of sp³-hybridized carbons (Fsp3) is 0.130. The third-order valence-electron chi connectivity index (χ3n) is 4.54. The van der Waals surface area contributed by atoms with Crippen molar-refractivity contribution in [2.24, 2.45) is 0 Å². The summed E-state index contributed by atoms with van der Waals surface area (Å²) < 4.78 is 0. The molecule has 1 aliphatic carbocycles. The smallest absolute Gasteiger partial charge is 0.0178 e. The van der Waals surface area contributed by atoms with Gasteiger partial charge in [-0.2, -0.15) is 0 Å². The van der Waals surface area contributed by atoms with E-state index in [4.69, 9.17) is 0 Å². The predicted molar refractivity (Wildman–Crippen MR) is 100 cm³/mol. The van der Waals surface area contributed by atoms with Crippen molar-refractivity contribution in [3.63, 3.8) is 0 Å². The Hall–Kier alpha value is -2.60. The highest BCUT2D eigenvalue weighted by molar-refractivity contribution is 5.88. The molecule has 112 valence electrons. The average molecular weight is 296 g/mol. The van der Waals surface area contributed by atoms with Crippen molar-refractivity contribution in [2.75, 3.05) is 0 Å². The van der Waals surface area contributed by atoms with Crippen LogP contribution in [-0.2, 0) is 0 Å². The van der Waals surface area contributed by atoms with Crippen molar-refractivity contribution in [1.29, 1.82) is 0 Å². The second-order valence-corrected chi connectivity index (χ2v) is 6.28. The monoisotopic (exact) mass is 296 g/mol. The van der Waals surface area contributed by atoms with Crippen molar-refractivity contribution in [3.05, 3.63) is 90.0 Å². The molecule has 3 aromatic rings. The Morgan fingerprint density at radius 2 is 1.35 bits per heavy atom. The van der Waals surface area contributed by atoms with Crippen LogP contribution in [0.3, 0.4) is 0 Å². The maximum absolute atomic E-state index is 2.33. The van der Waals surface area contributed by atoms with Crippen LogP contribution in [0.5, 0.6) is 0 Å². The highest BCUT2D eigenvalue weighted by Gasteiger charge is 2.04. The van der Waals surface area contributed by atoms with Gasteiger partial charge in [0.2, 0.25) is 0 Å². The number of aryl methyl sites for hydroxylation is 1. The topological polar surface area (TPSA) is 0 Å². The number of hydrogen-bond donors (Lipinski definition) is 0. The van der Waals surface area contributed by atoms with E-state index in [9.17, 15) is 0 Å². The lowest BCUT2D eigenvalue weighted by atomic mass is 9.96. The zero-order valence-electron chi connectivity index (χ0n) is 13.4. The molecule has 0 N–H and O–H groups in total. The van der Waals surface area contributed by atoms with Gasteiger partial charge >= 0.3 is 0 Å². The average Bonchev–Trinajstić information content (AvgIpc) is 2.62. The largest absolute Gasteiger partial charge is 0.0836 e. The Kier molecular flexibility index (Phi) is 3.59. The summed E-state index contributed by atoms with van der Waals surface area (Å²) in [5, 5.41) is 2.61. The first-order valence-electron chi connectivity index (χ1n) is 8.27. The zero-order chi connectivity index (χ0) is 15.6. The van der Waals surface area contributed by atoms with Crippen molar-refractivity contribution >= 4 is 16.3 Å². The normalized spacial score (nSPS) is 14.0. The van der Waals surface area contributed by atoms with E-state index in [0.29, 0.717) is 0 Å². The second kappa shape index (κ2) is 5.89. The lowest BCUT2D eigenvalue weighted by Crippen LogP contribution is -1.86. The SMILES string of the molecule is Cc1ccc2cc(-c3ccc(C4=CCCC=C4)cc3)ccc2c1. The van der Waals surface area contributed by atoms with Crippen LogP contribution in [-0.4, -0.2) is 0 Å². The first-order valence-corrected chi connectivity index (χ1v) is 8.27. The minimum Gasteiger partial charge on any atom is -0.0836 e. The highest BCUT2D eigenvalue weighted by atomic mass is 14.1. The Bertz CT molecular complexity index is 908. The molecule has 0 aliphatic heterocycles. The maximum Gasteiger partial charge on any atom is -0.0178 e. The summed E-state index contributed by atoms with van der Waals surface area (Å²) >= 11 is 0. The van der Waals surface area contributed by atoms with E-state index < -0.39 is 0 Å². The van der Waals surface area contributed by atoms with Gasteiger partial charge in [0.05, 0.1) is 0 Å². The minimum atomic E-state index is 1.15. The second-order valence-electron chi connectivity index (χ2n) is 6.28. The highest BCUT2D eigenvalue weighted by Crippen LogP contribution is 2.28. The number of benzene rings is 3. The van der Waals surface area contributed by atoms with E-state index in [1.165, 1.54) is 38.6 Å². The van der Waals surface area contributed by atoms with Gasteiger partial charge in [-0.25, -0.2) is 0 Å². The van der Waals surface area contributed by atoms with Crippen LogP contribution in [0.1, 0.15) is 24.0 Å². The summed E-state index contributed by atoms with van der Waals surface area (Å²) in [4.78, 5) is 0. The summed E-state index contributed by atoms with van der Waals surface area (Å²) in [6.45, 7) is 2.14. The van der Waals surface area contributed by atoms with Gasteiger partial charge in [-0.1, -0.05) is 78.4 Å². The van der Waals surface area contributed by atoms with Crippen LogP contribution in [0.4, 0.5) is 0 Å². The quantitative estimate of drug-likeness (QED) is 0.503. The Morgan fingerprint density at radius 1 is 0.652 bits per heavy atom. The van der Waals surface area contributed by atoms with E-state index in [2.05, 4.69) is 85.8 Å². The molecule has 0 aromatic heterocycles. The predicted octanol–water partition coefficient (Wildman–Crippen LogP) is 6.55. The van der Waals surface area contributed by atoms with E-state index in [0.717, 1.165) is 12.8 Å². The van der Waals surface area contributed by atoms with Gasteiger partial charge in [0.1, 0.15) is 0 Å². The lowest BCUT2D eigenvalue weighted by molar-refractivity contribution is 1.04. The molecule has 3 aromatic carbocycles. The number of fused-ring (bicyclic) bond motifs is 1. The van der Waals surface area contributed by atoms with E-state index in [1.807, 2.05) is 0 Å². The molecule has 0 amide bonds. The Labute approximate surface area is 137 Å². The first-order chi connectivity index (χ1) is 11.3. The van der Waals surface area contributed by atoms with Gasteiger partial charge < -0.3 is 0 Å². The Balaban J connectivity index is 1.69. The lowest BCUT2D eigenvalue weighted by Gasteiger charge is -2.09. The Morgan fingerprint density at radius 3 is 2.13 bits per heavy atom. The van der Waals surface area contributed by atoms with E-state index in [-0.39, 0.29) is 0 Å². The number of hydrogen-bond acceptors (Lipinski definition) is 0. The molecule has 0 saturated heterocycles. The van der Waals surface area contributed by atoms with Crippen molar-refractivity contribution < 1.29 is 0 Å². The molecule has 0 nitrogen and oxygen atoms in total. The van der Waals surface area contributed by atoms with Crippen molar-refractivity contribution in [1.82, 2.24) is 0 Å². The van der Waals surface area contributed by atoms with Crippen LogP contribution >= 0.6 is 0 Å². The molecule has 0 heteroatoms. The molecular weight excluding hydrogens is 276 g/mol. The maximum atomic E-state index is 2.33. The van der Waals surface area contributed by atoms with Crippen molar-refractivity contribution in [3.8, 4) is 11.1 Å². The minimum absolute atomic E-state index is 1.15. The summed E-state index contributed by atoms with van der Waals surface area (Å²) in [5.41, 5.74) is 6.51. The van der Waals surface area contributed by atoms with Crippen LogP contribution in [0.2, 0.25) is 0 Å². The van der Waals surface area contributed by atoms with Crippen LogP contribution in [0.25, 0.3) is 27.5 Å².